The van der Waals surface area contributed by atoms with Crippen molar-refractivity contribution in [2.45, 2.75) is 123 Å². The zero-order valence-electron chi connectivity index (χ0n) is 17.9. The number of hydrogen-bond acceptors (Lipinski definition) is 4. The smallest absolute Gasteiger partial charge is 0.323 e. The number of rotatable bonds is 19. The molecule has 0 aromatic carbocycles. The summed E-state index contributed by atoms with van der Waals surface area (Å²) in [6.07, 6.45) is 18.0. The molecule has 26 heavy (non-hydrogen) atoms. The maximum absolute atomic E-state index is 12.1. The summed E-state index contributed by atoms with van der Waals surface area (Å²) in [5.41, 5.74) is 5.48. The van der Waals surface area contributed by atoms with E-state index >= 15 is 0 Å². The Hall–Kier alpha value is -0.610. The van der Waals surface area contributed by atoms with Gasteiger partial charge in [0.25, 0.3) is 0 Å². The predicted octanol–water partition coefficient (Wildman–Crippen LogP) is 5.34. The van der Waals surface area contributed by atoms with E-state index in [4.69, 9.17) is 10.5 Å². The zero-order valence-corrected chi connectivity index (χ0v) is 17.9. The van der Waals surface area contributed by atoms with Crippen molar-refractivity contribution in [2.75, 3.05) is 13.1 Å². The average molecular weight is 371 g/mol. The molecular formula is C22H46N2O2. The van der Waals surface area contributed by atoms with E-state index in [0.717, 1.165) is 19.3 Å². The highest BCUT2D eigenvalue weighted by Gasteiger charge is 2.19. The summed E-state index contributed by atoms with van der Waals surface area (Å²) in [5.74, 6) is -0.132. The van der Waals surface area contributed by atoms with Crippen LogP contribution in [-0.2, 0) is 9.53 Å². The second-order valence-electron chi connectivity index (χ2n) is 7.63. The summed E-state index contributed by atoms with van der Waals surface area (Å²) in [6, 6.07) is -0.219. The monoisotopic (exact) mass is 370 g/mol. The van der Waals surface area contributed by atoms with Gasteiger partial charge in [0.15, 0.2) is 0 Å². The number of unbranched alkanes of at least 4 members (excludes halogenated alkanes) is 11. The molecular weight excluding hydrogens is 324 g/mol. The molecule has 0 aliphatic heterocycles. The van der Waals surface area contributed by atoms with Gasteiger partial charge in [0.1, 0.15) is 6.04 Å². The van der Waals surface area contributed by atoms with Crippen LogP contribution in [0.3, 0.4) is 0 Å². The van der Waals surface area contributed by atoms with Gasteiger partial charge in [0.05, 0.1) is 6.10 Å². The molecule has 0 rings (SSSR count). The first-order chi connectivity index (χ1) is 12.7. The molecule has 0 aliphatic rings. The van der Waals surface area contributed by atoms with Crippen LogP contribution in [0.15, 0.2) is 0 Å². The maximum atomic E-state index is 12.1. The fourth-order valence-corrected chi connectivity index (χ4v) is 3.26. The lowest BCUT2D eigenvalue weighted by Gasteiger charge is -2.19. The van der Waals surface area contributed by atoms with Crippen molar-refractivity contribution >= 4 is 5.97 Å². The van der Waals surface area contributed by atoms with E-state index < -0.39 is 0 Å². The van der Waals surface area contributed by atoms with Gasteiger partial charge in [-0.2, -0.15) is 0 Å². The lowest BCUT2D eigenvalue weighted by Crippen LogP contribution is -2.41. The molecule has 0 radical (unpaired) electrons. The third-order valence-electron chi connectivity index (χ3n) is 5.01. The van der Waals surface area contributed by atoms with E-state index in [9.17, 15) is 4.79 Å². The Kier molecular flexibility index (Phi) is 18.7. The molecule has 4 nitrogen and oxygen atoms in total. The molecule has 0 spiro atoms. The van der Waals surface area contributed by atoms with Crippen LogP contribution < -0.4 is 11.1 Å². The molecule has 0 saturated heterocycles. The van der Waals surface area contributed by atoms with E-state index in [0.29, 0.717) is 13.1 Å². The molecule has 0 heterocycles. The molecule has 0 aliphatic carbocycles. The summed E-state index contributed by atoms with van der Waals surface area (Å²) in [4.78, 5) is 12.1. The van der Waals surface area contributed by atoms with Gasteiger partial charge >= 0.3 is 5.97 Å². The third kappa shape index (κ3) is 15.6. The van der Waals surface area contributed by atoms with Crippen LogP contribution in [0.25, 0.3) is 0 Å². The van der Waals surface area contributed by atoms with Gasteiger partial charge in [-0.25, -0.2) is 0 Å². The van der Waals surface area contributed by atoms with Crippen molar-refractivity contribution in [2.24, 2.45) is 5.73 Å². The Morgan fingerprint density at radius 2 is 1.38 bits per heavy atom. The summed E-state index contributed by atoms with van der Waals surface area (Å²) in [7, 11) is 0. The van der Waals surface area contributed by atoms with E-state index in [1.165, 1.54) is 70.6 Å². The van der Waals surface area contributed by atoms with Crippen LogP contribution >= 0.6 is 0 Å². The summed E-state index contributed by atoms with van der Waals surface area (Å²) in [6.45, 7) is 7.46. The first kappa shape index (κ1) is 25.4. The van der Waals surface area contributed by atoms with Gasteiger partial charge in [-0.1, -0.05) is 84.5 Å². The van der Waals surface area contributed by atoms with Gasteiger partial charge in [-0.3, -0.25) is 4.79 Å². The highest BCUT2D eigenvalue weighted by molar-refractivity contribution is 5.75. The number of esters is 1. The summed E-state index contributed by atoms with van der Waals surface area (Å²) >= 11 is 0. The highest BCUT2D eigenvalue weighted by Crippen LogP contribution is 2.14. The van der Waals surface area contributed by atoms with Crippen LogP contribution in [0.5, 0.6) is 0 Å². The van der Waals surface area contributed by atoms with Crippen LogP contribution in [0, 0.1) is 0 Å². The van der Waals surface area contributed by atoms with Crippen LogP contribution in [-0.4, -0.2) is 31.2 Å². The van der Waals surface area contributed by atoms with Crippen LogP contribution in [0.1, 0.15) is 111 Å². The molecule has 2 atom stereocenters. The summed E-state index contributed by atoms with van der Waals surface area (Å²) in [5, 5.41) is 3.14. The minimum atomic E-state index is -0.219. The van der Waals surface area contributed by atoms with Crippen molar-refractivity contribution < 1.29 is 9.53 Å². The lowest BCUT2D eigenvalue weighted by molar-refractivity contribution is -0.151. The number of carbonyl (C=O) groups excluding carboxylic acids is 1. The van der Waals surface area contributed by atoms with Crippen LogP contribution in [0.2, 0.25) is 0 Å². The van der Waals surface area contributed by atoms with Crippen molar-refractivity contribution in [1.29, 1.82) is 0 Å². The minimum Gasteiger partial charge on any atom is -0.462 e. The number of ether oxygens (including phenoxy) is 1. The molecule has 0 bridgehead atoms. The Bertz CT molecular complexity index is 311. The molecule has 2 unspecified atom stereocenters. The number of nitrogens with one attached hydrogen (secondary N) is 1. The molecule has 0 saturated carbocycles. The minimum absolute atomic E-state index is 0.0133. The Balaban J connectivity index is 3.47. The van der Waals surface area contributed by atoms with Gasteiger partial charge in [-0.05, 0) is 26.2 Å². The molecule has 0 fully saturated rings. The van der Waals surface area contributed by atoms with E-state index in [-0.39, 0.29) is 18.1 Å². The van der Waals surface area contributed by atoms with Gasteiger partial charge in [-0.15, -0.1) is 0 Å². The molecule has 0 aromatic rings. The molecule has 0 aromatic heterocycles. The lowest BCUT2D eigenvalue weighted by atomic mass is 10.0. The molecule has 156 valence electrons. The number of hydrogen-bond donors (Lipinski definition) is 2. The van der Waals surface area contributed by atoms with E-state index in [2.05, 4.69) is 12.2 Å². The third-order valence-corrected chi connectivity index (χ3v) is 5.01. The Morgan fingerprint density at radius 3 is 1.85 bits per heavy atom. The topological polar surface area (TPSA) is 64.3 Å². The Morgan fingerprint density at radius 1 is 0.885 bits per heavy atom. The molecule has 0 amide bonds. The van der Waals surface area contributed by atoms with Crippen molar-refractivity contribution in [3.05, 3.63) is 0 Å². The van der Waals surface area contributed by atoms with Crippen LogP contribution in [0.4, 0.5) is 0 Å². The second-order valence-corrected chi connectivity index (χ2v) is 7.63. The maximum Gasteiger partial charge on any atom is 0.323 e. The van der Waals surface area contributed by atoms with Crippen molar-refractivity contribution in [3.8, 4) is 0 Å². The van der Waals surface area contributed by atoms with E-state index in [1.807, 2.05) is 13.8 Å². The second kappa shape index (κ2) is 19.2. The highest BCUT2D eigenvalue weighted by atomic mass is 16.5. The SMILES string of the molecule is CCCCCCCCCCCCCCC(C)OC(=O)C(CC)NCCN. The number of nitrogens with two attached hydrogens (primary N) is 1. The predicted molar refractivity (Wildman–Crippen MR) is 112 cm³/mol. The fourth-order valence-electron chi connectivity index (χ4n) is 3.26. The van der Waals surface area contributed by atoms with E-state index in [1.54, 1.807) is 0 Å². The standard InChI is InChI=1S/C22H46N2O2/c1-4-6-7-8-9-10-11-12-13-14-15-16-17-20(3)26-22(25)21(5-2)24-19-18-23/h20-21,24H,4-19,23H2,1-3H3. The number of carbonyl (C=O) groups is 1. The normalized spacial score (nSPS) is 13.5. The molecule has 4 heteroatoms. The molecule has 3 N–H and O–H groups in total. The first-order valence-electron chi connectivity index (χ1n) is 11.3. The quantitative estimate of drug-likeness (QED) is 0.238. The first-order valence-corrected chi connectivity index (χ1v) is 11.3. The van der Waals surface area contributed by atoms with Gasteiger partial charge in [0, 0.05) is 13.1 Å². The zero-order chi connectivity index (χ0) is 19.5. The fraction of sp³-hybridized carbons (Fsp3) is 0.955. The Labute approximate surface area is 163 Å². The van der Waals surface area contributed by atoms with Crippen molar-refractivity contribution in [1.82, 2.24) is 5.32 Å². The van der Waals surface area contributed by atoms with Gasteiger partial charge < -0.3 is 15.8 Å². The van der Waals surface area contributed by atoms with Gasteiger partial charge in [0.2, 0.25) is 0 Å². The largest absolute Gasteiger partial charge is 0.462 e. The van der Waals surface area contributed by atoms with Crippen molar-refractivity contribution in [3.63, 3.8) is 0 Å². The average Bonchev–Trinajstić information content (AvgIpc) is 2.63. The summed E-state index contributed by atoms with van der Waals surface area (Å²) < 4.78 is 5.56.